The number of ether oxygens (including phenoxy) is 1. The van der Waals surface area contributed by atoms with E-state index in [0.717, 1.165) is 38.2 Å². The molecule has 122 valence electrons. The molecule has 1 aromatic rings. The van der Waals surface area contributed by atoms with Crippen molar-refractivity contribution in [3.63, 3.8) is 0 Å². The average molecular weight is 307 g/mol. The summed E-state index contributed by atoms with van der Waals surface area (Å²) in [6.07, 6.45) is 4.53. The molecule has 0 radical (unpaired) electrons. The number of aromatic nitrogens is 3. The second-order valence-corrected chi connectivity index (χ2v) is 7.11. The van der Waals surface area contributed by atoms with Gasteiger partial charge in [0.1, 0.15) is 17.8 Å². The standard InChI is InChI=1S/C15H25N5O2/c1-15(2,3)22-14(21)19-8-6-11(9-19)18-12-5-4-7-20-13(12)16-10-17-20/h10-12,18H,4-9H2,1-3H3/t11-,12+/m0/s1. The van der Waals surface area contributed by atoms with Gasteiger partial charge in [-0.3, -0.25) is 0 Å². The molecule has 22 heavy (non-hydrogen) atoms. The molecule has 0 saturated carbocycles. The molecule has 2 atom stereocenters. The minimum absolute atomic E-state index is 0.219. The Hall–Kier alpha value is -1.63. The fourth-order valence-corrected chi connectivity index (χ4v) is 3.12. The van der Waals surface area contributed by atoms with E-state index in [1.165, 1.54) is 0 Å². The lowest BCUT2D eigenvalue weighted by molar-refractivity contribution is 0.0290. The third kappa shape index (κ3) is 3.40. The van der Waals surface area contributed by atoms with Gasteiger partial charge in [0.05, 0.1) is 6.04 Å². The van der Waals surface area contributed by atoms with Crippen LogP contribution in [-0.2, 0) is 11.3 Å². The number of aryl methyl sites for hydroxylation is 1. The Bertz CT molecular complexity index is 536. The Morgan fingerprint density at radius 2 is 2.18 bits per heavy atom. The quantitative estimate of drug-likeness (QED) is 0.900. The van der Waals surface area contributed by atoms with Crippen molar-refractivity contribution in [1.82, 2.24) is 25.0 Å². The first-order valence-corrected chi connectivity index (χ1v) is 8.04. The zero-order chi connectivity index (χ0) is 15.7. The molecule has 1 saturated heterocycles. The number of hydrogen-bond donors (Lipinski definition) is 1. The third-order valence-electron chi connectivity index (χ3n) is 4.10. The van der Waals surface area contributed by atoms with Crippen molar-refractivity contribution in [2.75, 3.05) is 13.1 Å². The highest BCUT2D eigenvalue weighted by molar-refractivity contribution is 5.68. The highest BCUT2D eigenvalue weighted by Crippen LogP contribution is 2.24. The van der Waals surface area contributed by atoms with Crippen LogP contribution < -0.4 is 5.32 Å². The number of amides is 1. The lowest BCUT2D eigenvalue weighted by atomic mass is 10.1. The van der Waals surface area contributed by atoms with E-state index in [1.54, 1.807) is 11.2 Å². The normalized spacial score (nSPS) is 25.1. The summed E-state index contributed by atoms with van der Waals surface area (Å²) in [6, 6.07) is 0.528. The highest BCUT2D eigenvalue weighted by atomic mass is 16.6. The van der Waals surface area contributed by atoms with Crippen molar-refractivity contribution < 1.29 is 9.53 Å². The number of carbonyl (C=O) groups is 1. The predicted molar refractivity (Wildman–Crippen MR) is 81.3 cm³/mol. The van der Waals surface area contributed by atoms with Gasteiger partial charge in [-0.15, -0.1) is 0 Å². The number of hydrogen-bond acceptors (Lipinski definition) is 5. The maximum Gasteiger partial charge on any atom is 0.410 e. The topological polar surface area (TPSA) is 72.3 Å². The number of rotatable bonds is 2. The third-order valence-corrected chi connectivity index (χ3v) is 4.10. The van der Waals surface area contributed by atoms with Gasteiger partial charge < -0.3 is 15.0 Å². The molecule has 7 heteroatoms. The van der Waals surface area contributed by atoms with Crippen molar-refractivity contribution >= 4 is 6.09 Å². The van der Waals surface area contributed by atoms with Crippen molar-refractivity contribution in [3.8, 4) is 0 Å². The van der Waals surface area contributed by atoms with Gasteiger partial charge in [0.25, 0.3) is 0 Å². The fraction of sp³-hybridized carbons (Fsp3) is 0.800. The van der Waals surface area contributed by atoms with Gasteiger partial charge in [-0.2, -0.15) is 5.10 Å². The van der Waals surface area contributed by atoms with Crippen LogP contribution >= 0.6 is 0 Å². The summed E-state index contributed by atoms with van der Waals surface area (Å²) in [5.74, 6) is 1.02. The number of carbonyl (C=O) groups excluding carboxylic acids is 1. The molecule has 0 aliphatic carbocycles. The van der Waals surface area contributed by atoms with Crippen molar-refractivity contribution in [1.29, 1.82) is 0 Å². The van der Waals surface area contributed by atoms with Gasteiger partial charge in [0, 0.05) is 25.7 Å². The van der Waals surface area contributed by atoms with Gasteiger partial charge in [-0.25, -0.2) is 14.5 Å². The molecular weight excluding hydrogens is 282 g/mol. The summed E-state index contributed by atoms with van der Waals surface area (Å²) in [5, 5.41) is 7.88. The zero-order valence-corrected chi connectivity index (χ0v) is 13.6. The number of nitrogens with one attached hydrogen (secondary N) is 1. The van der Waals surface area contributed by atoms with E-state index < -0.39 is 5.60 Å². The van der Waals surface area contributed by atoms with Gasteiger partial charge in [0.15, 0.2) is 0 Å². The fourth-order valence-electron chi connectivity index (χ4n) is 3.12. The summed E-state index contributed by atoms with van der Waals surface area (Å²) in [6.45, 7) is 8.07. The van der Waals surface area contributed by atoms with Crippen molar-refractivity contribution in [2.24, 2.45) is 0 Å². The van der Waals surface area contributed by atoms with Gasteiger partial charge in [0.2, 0.25) is 0 Å². The van der Waals surface area contributed by atoms with E-state index in [2.05, 4.69) is 15.4 Å². The maximum atomic E-state index is 12.1. The van der Waals surface area contributed by atoms with Crippen LogP contribution in [0.25, 0.3) is 0 Å². The van der Waals surface area contributed by atoms with Crippen LogP contribution in [0.4, 0.5) is 4.79 Å². The maximum absolute atomic E-state index is 12.1. The lowest BCUT2D eigenvalue weighted by Gasteiger charge is -2.27. The van der Waals surface area contributed by atoms with Gasteiger partial charge in [-0.05, 0) is 40.0 Å². The number of fused-ring (bicyclic) bond motifs is 1. The molecule has 2 aliphatic rings. The Labute approximate surface area is 131 Å². The first-order chi connectivity index (χ1) is 10.4. The minimum Gasteiger partial charge on any atom is -0.444 e. The molecule has 1 fully saturated rings. The Kier molecular flexibility index (Phi) is 4.08. The van der Waals surface area contributed by atoms with Crippen LogP contribution in [0.2, 0.25) is 0 Å². The molecule has 1 aromatic heterocycles. The molecule has 0 unspecified atom stereocenters. The molecule has 2 aliphatic heterocycles. The first-order valence-electron chi connectivity index (χ1n) is 8.04. The van der Waals surface area contributed by atoms with Crippen LogP contribution in [0.3, 0.4) is 0 Å². The van der Waals surface area contributed by atoms with Gasteiger partial charge >= 0.3 is 6.09 Å². The molecule has 3 rings (SSSR count). The summed E-state index contributed by atoms with van der Waals surface area (Å²) < 4.78 is 7.41. The van der Waals surface area contributed by atoms with E-state index in [0.29, 0.717) is 12.6 Å². The van der Waals surface area contributed by atoms with Crippen molar-refractivity contribution in [3.05, 3.63) is 12.2 Å². The molecule has 0 aromatic carbocycles. The predicted octanol–water partition coefficient (Wildman–Crippen LogP) is 1.71. The van der Waals surface area contributed by atoms with Crippen molar-refractivity contribution in [2.45, 2.75) is 64.3 Å². The minimum atomic E-state index is -0.442. The molecular formula is C15H25N5O2. The molecule has 0 spiro atoms. The Balaban J connectivity index is 1.55. The van der Waals surface area contributed by atoms with Crippen LogP contribution in [0.15, 0.2) is 6.33 Å². The van der Waals surface area contributed by atoms with Crippen LogP contribution in [-0.4, -0.2) is 50.5 Å². The lowest BCUT2D eigenvalue weighted by Crippen LogP contribution is -2.40. The Morgan fingerprint density at radius 1 is 1.36 bits per heavy atom. The van der Waals surface area contributed by atoms with Crippen LogP contribution in [0.5, 0.6) is 0 Å². The summed E-state index contributed by atoms with van der Waals surface area (Å²) >= 11 is 0. The molecule has 3 heterocycles. The van der Waals surface area contributed by atoms with E-state index >= 15 is 0 Å². The second-order valence-electron chi connectivity index (χ2n) is 7.11. The molecule has 7 nitrogen and oxygen atoms in total. The SMILES string of the molecule is CC(C)(C)OC(=O)N1CC[C@H](N[C@@H]2CCCn3ncnc32)C1. The molecule has 0 bridgehead atoms. The highest BCUT2D eigenvalue weighted by Gasteiger charge is 2.32. The van der Waals surface area contributed by atoms with E-state index in [-0.39, 0.29) is 12.1 Å². The first kappa shape index (κ1) is 15.3. The van der Waals surface area contributed by atoms with Crippen LogP contribution in [0.1, 0.15) is 51.9 Å². The zero-order valence-electron chi connectivity index (χ0n) is 13.6. The number of likely N-dealkylation sites (tertiary alicyclic amines) is 1. The van der Waals surface area contributed by atoms with Gasteiger partial charge in [-0.1, -0.05) is 0 Å². The molecule has 1 amide bonds. The summed E-state index contributed by atoms with van der Waals surface area (Å²) in [5.41, 5.74) is -0.442. The summed E-state index contributed by atoms with van der Waals surface area (Å²) in [7, 11) is 0. The Morgan fingerprint density at radius 3 is 2.95 bits per heavy atom. The smallest absolute Gasteiger partial charge is 0.410 e. The van der Waals surface area contributed by atoms with E-state index in [4.69, 9.17) is 4.74 Å². The number of nitrogens with zero attached hydrogens (tertiary/aromatic N) is 4. The largest absolute Gasteiger partial charge is 0.444 e. The van der Waals surface area contributed by atoms with E-state index in [9.17, 15) is 4.79 Å². The average Bonchev–Trinajstić information content (AvgIpc) is 3.05. The second kappa shape index (κ2) is 5.87. The summed E-state index contributed by atoms with van der Waals surface area (Å²) in [4.78, 5) is 18.3. The molecule has 1 N–H and O–H groups in total. The van der Waals surface area contributed by atoms with E-state index in [1.807, 2.05) is 25.5 Å². The monoisotopic (exact) mass is 307 g/mol. The van der Waals surface area contributed by atoms with Crippen LogP contribution in [0, 0.1) is 0 Å².